The highest BCUT2D eigenvalue weighted by molar-refractivity contribution is 7.13. The molecule has 1 aliphatic rings. The van der Waals surface area contributed by atoms with E-state index in [0.29, 0.717) is 18.2 Å². The first kappa shape index (κ1) is 17.3. The number of ether oxygens (including phenoxy) is 2. The van der Waals surface area contributed by atoms with Gasteiger partial charge in [-0.3, -0.25) is 0 Å². The molecule has 3 aromatic rings. The highest BCUT2D eigenvalue weighted by Gasteiger charge is 2.22. The van der Waals surface area contributed by atoms with Gasteiger partial charge in [0.25, 0.3) is 5.89 Å². The van der Waals surface area contributed by atoms with Crippen LogP contribution in [0.25, 0.3) is 22.4 Å². The molecule has 0 N–H and O–H groups in total. The van der Waals surface area contributed by atoms with Crippen LogP contribution in [0.4, 0.5) is 0 Å². The molecule has 1 aromatic carbocycles. The maximum absolute atomic E-state index is 9.62. The maximum atomic E-state index is 9.62. The van der Waals surface area contributed by atoms with Crippen LogP contribution in [-0.2, 0) is 6.42 Å². The van der Waals surface area contributed by atoms with Crippen LogP contribution in [0.15, 0.2) is 34.2 Å². The van der Waals surface area contributed by atoms with Crippen molar-refractivity contribution in [2.45, 2.75) is 26.4 Å². The van der Waals surface area contributed by atoms with E-state index in [2.05, 4.69) is 16.2 Å². The van der Waals surface area contributed by atoms with E-state index < -0.39 is 0 Å². The fourth-order valence-electron chi connectivity index (χ4n) is 2.98. The van der Waals surface area contributed by atoms with Crippen molar-refractivity contribution in [3.63, 3.8) is 0 Å². The SMILES string of the molecule is CCOc1cc2c(cc1/C=C(\C#N)c1nc(-c3cccs3)no1)O[C@H](C)C2. The summed E-state index contributed by atoms with van der Waals surface area (Å²) < 4.78 is 16.9. The van der Waals surface area contributed by atoms with Crippen LogP contribution >= 0.6 is 11.3 Å². The highest BCUT2D eigenvalue weighted by atomic mass is 32.1. The minimum Gasteiger partial charge on any atom is -0.493 e. The predicted octanol–water partition coefficient (Wildman–Crippen LogP) is 4.58. The quantitative estimate of drug-likeness (QED) is 0.603. The Bertz CT molecular complexity index is 1030. The van der Waals surface area contributed by atoms with Gasteiger partial charge < -0.3 is 14.0 Å². The molecule has 0 radical (unpaired) electrons. The Hall–Kier alpha value is -3.11. The van der Waals surface area contributed by atoms with Crippen molar-refractivity contribution < 1.29 is 14.0 Å². The molecule has 6 nitrogen and oxygen atoms in total. The minimum absolute atomic E-state index is 0.133. The van der Waals surface area contributed by atoms with E-state index in [1.54, 1.807) is 6.08 Å². The van der Waals surface area contributed by atoms with Gasteiger partial charge in [0.2, 0.25) is 5.82 Å². The van der Waals surface area contributed by atoms with Gasteiger partial charge in [0.05, 0.1) is 11.5 Å². The van der Waals surface area contributed by atoms with Gasteiger partial charge in [-0.25, -0.2) is 0 Å². The number of allylic oxidation sites excluding steroid dienone is 1. The second-order valence-corrected chi connectivity index (χ2v) is 7.08. The van der Waals surface area contributed by atoms with Crippen molar-refractivity contribution in [1.82, 2.24) is 10.1 Å². The molecule has 4 rings (SSSR count). The van der Waals surface area contributed by atoms with Crippen LogP contribution in [0, 0.1) is 11.3 Å². The molecule has 136 valence electrons. The highest BCUT2D eigenvalue weighted by Crippen LogP contribution is 2.37. The Morgan fingerprint density at radius 2 is 2.37 bits per heavy atom. The molecule has 2 aromatic heterocycles. The van der Waals surface area contributed by atoms with Crippen molar-refractivity contribution in [3.05, 3.63) is 46.7 Å². The number of benzene rings is 1. The van der Waals surface area contributed by atoms with Crippen LogP contribution < -0.4 is 9.47 Å². The van der Waals surface area contributed by atoms with E-state index in [1.807, 2.05) is 43.5 Å². The lowest BCUT2D eigenvalue weighted by Gasteiger charge is -2.10. The number of nitrogens with zero attached hydrogens (tertiary/aromatic N) is 3. The molecular formula is C20H17N3O3S. The first-order valence-electron chi connectivity index (χ1n) is 8.64. The summed E-state index contributed by atoms with van der Waals surface area (Å²) in [6.45, 7) is 4.48. The third kappa shape index (κ3) is 3.44. The molecule has 0 saturated heterocycles. The monoisotopic (exact) mass is 379 g/mol. The molecule has 0 amide bonds. The summed E-state index contributed by atoms with van der Waals surface area (Å²) in [5.74, 6) is 2.18. The molecule has 0 spiro atoms. The van der Waals surface area contributed by atoms with Crippen LogP contribution in [0.5, 0.6) is 11.5 Å². The van der Waals surface area contributed by atoms with Crippen molar-refractivity contribution in [2.75, 3.05) is 6.61 Å². The average Bonchev–Trinajstić information content (AvgIpc) is 3.39. The second-order valence-electron chi connectivity index (χ2n) is 6.13. The van der Waals surface area contributed by atoms with Gasteiger partial charge in [0.15, 0.2) is 0 Å². The number of rotatable bonds is 5. The molecule has 0 aliphatic carbocycles. The van der Waals surface area contributed by atoms with E-state index in [0.717, 1.165) is 28.2 Å². The molecule has 7 heteroatoms. The Kier molecular flexibility index (Phi) is 4.65. The van der Waals surface area contributed by atoms with Crippen molar-refractivity contribution in [3.8, 4) is 28.3 Å². The van der Waals surface area contributed by atoms with E-state index in [4.69, 9.17) is 14.0 Å². The van der Waals surface area contributed by atoms with Crippen LogP contribution in [0.2, 0.25) is 0 Å². The average molecular weight is 379 g/mol. The summed E-state index contributed by atoms with van der Waals surface area (Å²) >= 11 is 1.51. The van der Waals surface area contributed by atoms with Crippen molar-refractivity contribution in [2.24, 2.45) is 0 Å². The van der Waals surface area contributed by atoms with Crippen LogP contribution in [-0.4, -0.2) is 22.9 Å². The maximum Gasteiger partial charge on any atom is 0.268 e. The molecular weight excluding hydrogens is 362 g/mol. The molecule has 0 bridgehead atoms. The second kappa shape index (κ2) is 7.25. The fourth-order valence-corrected chi connectivity index (χ4v) is 3.63. The van der Waals surface area contributed by atoms with Gasteiger partial charge in [0.1, 0.15) is 29.2 Å². The van der Waals surface area contributed by atoms with Crippen molar-refractivity contribution in [1.29, 1.82) is 5.26 Å². The van der Waals surface area contributed by atoms with Gasteiger partial charge >= 0.3 is 0 Å². The zero-order chi connectivity index (χ0) is 18.8. The molecule has 0 unspecified atom stereocenters. The molecule has 3 heterocycles. The normalized spacial score (nSPS) is 15.9. The van der Waals surface area contributed by atoms with E-state index in [1.165, 1.54) is 11.3 Å². The summed E-state index contributed by atoms with van der Waals surface area (Å²) in [4.78, 5) is 5.24. The third-order valence-corrected chi connectivity index (χ3v) is 5.01. The summed E-state index contributed by atoms with van der Waals surface area (Å²) in [6, 6.07) is 9.84. The molecule has 0 saturated carbocycles. The fraction of sp³-hybridized carbons (Fsp3) is 0.250. The Labute approximate surface area is 160 Å². The van der Waals surface area contributed by atoms with Crippen molar-refractivity contribution >= 4 is 23.0 Å². The zero-order valence-corrected chi connectivity index (χ0v) is 15.7. The van der Waals surface area contributed by atoms with Gasteiger partial charge in [-0.05, 0) is 43.5 Å². The standard InChI is InChI=1S/C20H17N3O3S/c1-3-24-16-9-13-7-12(2)25-17(13)10-14(16)8-15(11-21)20-22-19(23-26-20)18-5-4-6-27-18/h4-6,8-10,12H,3,7H2,1-2H3/b15-8+/t12-/m1/s1. The zero-order valence-electron chi connectivity index (χ0n) is 14.9. The summed E-state index contributed by atoms with van der Waals surface area (Å²) in [7, 11) is 0. The Morgan fingerprint density at radius 3 is 3.11 bits per heavy atom. The molecule has 1 aliphatic heterocycles. The Morgan fingerprint density at radius 1 is 1.48 bits per heavy atom. The van der Waals surface area contributed by atoms with E-state index in [-0.39, 0.29) is 17.6 Å². The number of nitriles is 1. The molecule has 27 heavy (non-hydrogen) atoms. The lowest BCUT2D eigenvalue weighted by molar-refractivity contribution is 0.254. The number of thiophene rings is 1. The lowest BCUT2D eigenvalue weighted by Crippen LogP contribution is -2.05. The van der Waals surface area contributed by atoms with E-state index >= 15 is 0 Å². The molecule has 1 atom stereocenters. The minimum atomic E-state index is 0.133. The van der Waals surface area contributed by atoms with Gasteiger partial charge in [0, 0.05) is 17.5 Å². The number of aromatic nitrogens is 2. The van der Waals surface area contributed by atoms with E-state index in [9.17, 15) is 5.26 Å². The van der Waals surface area contributed by atoms with Gasteiger partial charge in [-0.2, -0.15) is 10.2 Å². The first-order valence-corrected chi connectivity index (χ1v) is 9.52. The third-order valence-electron chi connectivity index (χ3n) is 4.15. The molecule has 0 fully saturated rings. The number of fused-ring (bicyclic) bond motifs is 1. The lowest BCUT2D eigenvalue weighted by atomic mass is 10.0. The van der Waals surface area contributed by atoms with Crippen LogP contribution in [0.1, 0.15) is 30.9 Å². The largest absolute Gasteiger partial charge is 0.493 e. The van der Waals surface area contributed by atoms with Gasteiger partial charge in [-0.1, -0.05) is 11.2 Å². The smallest absolute Gasteiger partial charge is 0.268 e. The number of hydrogen-bond donors (Lipinski definition) is 0. The number of hydrogen-bond acceptors (Lipinski definition) is 7. The summed E-state index contributed by atoms with van der Waals surface area (Å²) in [5, 5.41) is 15.5. The topological polar surface area (TPSA) is 81.2 Å². The summed E-state index contributed by atoms with van der Waals surface area (Å²) in [5.41, 5.74) is 2.13. The van der Waals surface area contributed by atoms with Crippen LogP contribution in [0.3, 0.4) is 0 Å². The first-order chi connectivity index (χ1) is 13.2. The summed E-state index contributed by atoms with van der Waals surface area (Å²) in [6.07, 6.45) is 2.68. The Balaban J connectivity index is 1.73. The van der Waals surface area contributed by atoms with Gasteiger partial charge in [-0.15, -0.1) is 11.3 Å². The predicted molar refractivity (Wildman–Crippen MR) is 103 cm³/mol.